The zero-order chi connectivity index (χ0) is 13.3. The first-order valence-corrected chi connectivity index (χ1v) is 6.64. The first-order valence-electron chi connectivity index (χ1n) is 6.64. The fraction of sp³-hybridized carbons (Fsp3) is 0.923. The number of likely N-dealkylation sites (N-methyl/N-ethyl adjacent to an activating group) is 1. The number of carbonyl (C=O) groups is 1. The fourth-order valence-electron chi connectivity index (χ4n) is 1.98. The standard InChI is InChI=1S/C13H28N2O2/c1-5-7-9-12(13(16)17)15(6-2)11-8-10-14(3)4/h12H,5-11H2,1-4H3,(H,16,17). The van der Waals surface area contributed by atoms with Crippen molar-refractivity contribution in [2.45, 2.75) is 45.6 Å². The molecule has 0 aromatic carbocycles. The lowest BCUT2D eigenvalue weighted by atomic mass is 10.1. The number of carboxylic acid groups (broad SMARTS) is 1. The predicted molar refractivity (Wildman–Crippen MR) is 71.4 cm³/mol. The van der Waals surface area contributed by atoms with Gasteiger partial charge >= 0.3 is 5.97 Å². The van der Waals surface area contributed by atoms with Gasteiger partial charge < -0.3 is 10.0 Å². The van der Waals surface area contributed by atoms with Crippen molar-refractivity contribution in [3.8, 4) is 0 Å². The van der Waals surface area contributed by atoms with E-state index in [1.165, 1.54) is 0 Å². The van der Waals surface area contributed by atoms with Crippen LogP contribution in [0.1, 0.15) is 39.5 Å². The summed E-state index contributed by atoms with van der Waals surface area (Å²) < 4.78 is 0. The summed E-state index contributed by atoms with van der Waals surface area (Å²) in [6.45, 7) is 6.83. The molecule has 1 N–H and O–H groups in total. The normalized spacial score (nSPS) is 13.3. The summed E-state index contributed by atoms with van der Waals surface area (Å²) in [5.41, 5.74) is 0. The molecule has 102 valence electrons. The van der Waals surface area contributed by atoms with Crippen molar-refractivity contribution in [1.29, 1.82) is 0 Å². The van der Waals surface area contributed by atoms with Gasteiger partial charge in [0.15, 0.2) is 0 Å². The van der Waals surface area contributed by atoms with Crippen LogP contribution in [0.15, 0.2) is 0 Å². The minimum atomic E-state index is -0.676. The first-order chi connectivity index (χ1) is 8.02. The van der Waals surface area contributed by atoms with Crippen molar-refractivity contribution in [2.24, 2.45) is 0 Å². The molecule has 0 amide bonds. The summed E-state index contributed by atoms with van der Waals surface area (Å²) in [7, 11) is 4.09. The molecule has 0 heterocycles. The molecule has 0 fully saturated rings. The maximum absolute atomic E-state index is 11.3. The third-order valence-electron chi connectivity index (χ3n) is 3.01. The second kappa shape index (κ2) is 9.42. The van der Waals surface area contributed by atoms with Crippen LogP contribution in [0.3, 0.4) is 0 Å². The summed E-state index contributed by atoms with van der Waals surface area (Å²) in [5.74, 6) is -0.676. The van der Waals surface area contributed by atoms with Crippen molar-refractivity contribution in [3.63, 3.8) is 0 Å². The van der Waals surface area contributed by atoms with Crippen molar-refractivity contribution in [2.75, 3.05) is 33.7 Å². The lowest BCUT2D eigenvalue weighted by Gasteiger charge is -2.28. The van der Waals surface area contributed by atoms with Crippen LogP contribution in [0.2, 0.25) is 0 Å². The van der Waals surface area contributed by atoms with Crippen LogP contribution in [0.5, 0.6) is 0 Å². The Morgan fingerprint density at radius 2 is 1.82 bits per heavy atom. The number of nitrogens with zero attached hydrogens (tertiary/aromatic N) is 2. The molecule has 0 saturated heterocycles. The molecule has 0 aliphatic carbocycles. The van der Waals surface area contributed by atoms with E-state index >= 15 is 0 Å². The highest BCUT2D eigenvalue weighted by Gasteiger charge is 2.23. The Morgan fingerprint density at radius 3 is 2.24 bits per heavy atom. The molecule has 17 heavy (non-hydrogen) atoms. The van der Waals surface area contributed by atoms with Crippen molar-refractivity contribution < 1.29 is 9.90 Å². The van der Waals surface area contributed by atoms with E-state index < -0.39 is 5.97 Å². The molecule has 4 nitrogen and oxygen atoms in total. The van der Waals surface area contributed by atoms with E-state index in [9.17, 15) is 9.90 Å². The third kappa shape index (κ3) is 7.34. The van der Waals surface area contributed by atoms with Crippen LogP contribution in [-0.4, -0.2) is 60.6 Å². The molecule has 4 heteroatoms. The summed E-state index contributed by atoms with van der Waals surface area (Å²) in [4.78, 5) is 15.5. The lowest BCUT2D eigenvalue weighted by Crippen LogP contribution is -2.42. The second-order valence-electron chi connectivity index (χ2n) is 4.78. The smallest absolute Gasteiger partial charge is 0.320 e. The van der Waals surface area contributed by atoms with Gasteiger partial charge in [0.2, 0.25) is 0 Å². The molecule has 0 spiro atoms. The van der Waals surface area contributed by atoms with Gasteiger partial charge in [-0.15, -0.1) is 0 Å². The van der Waals surface area contributed by atoms with E-state index in [2.05, 4.69) is 16.7 Å². The average molecular weight is 244 g/mol. The number of hydrogen-bond donors (Lipinski definition) is 1. The minimum Gasteiger partial charge on any atom is -0.480 e. The summed E-state index contributed by atoms with van der Waals surface area (Å²) in [6, 6.07) is -0.304. The molecular weight excluding hydrogens is 216 g/mol. The van der Waals surface area contributed by atoms with Gasteiger partial charge in [-0.1, -0.05) is 26.7 Å². The van der Waals surface area contributed by atoms with E-state index in [0.717, 1.165) is 45.3 Å². The van der Waals surface area contributed by atoms with Gasteiger partial charge in [0.05, 0.1) is 0 Å². The summed E-state index contributed by atoms with van der Waals surface area (Å²) in [6.07, 6.45) is 3.83. The predicted octanol–water partition coefficient (Wildman–Crippen LogP) is 1.90. The van der Waals surface area contributed by atoms with Crippen LogP contribution in [-0.2, 0) is 4.79 Å². The van der Waals surface area contributed by atoms with Gasteiger partial charge in [0, 0.05) is 6.54 Å². The Kier molecular flexibility index (Phi) is 9.09. The molecule has 0 radical (unpaired) electrons. The van der Waals surface area contributed by atoms with Gasteiger partial charge in [-0.25, -0.2) is 0 Å². The maximum Gasteiger partial charge on any atom is 0.320 e. The van der Waals surface area contributed by atoms with Crippen LogP contribution in [0.25, 0.3) is 0 Å². The monoisotopic (exact) mass is 244 g/mol. The minimum absolute atomic E-state index is 0.304. The highest BCUT2D eigenvalue weighted by Crippen LogP contribution is 2.10. The number of unbranched alkanes of at least 4 members (excludes halogenated alkanes) is 1. The third-order valence-corrected chi connectivity index (χ3v) is 3.01. The molecule has 0 bridgehead atoms. The Bertz CT molecular complexity index is 208. The number of hydrogen-bond acceptors (Lipinski definition) is 3. The van der Waals surface area contributed by atoms with Gasteiger partial charge in [0.25, 0.3) is 0 Å². The van der Waals surface area contributed by atoms with Crippen molar-refractivity contribution in [1.82, 2.24) is 9.80 Å². The molecule has 0 saturated carbocycles. The summed E-state index contributed by atoms with van der Waals surface area (Å²) in [5, 5.41) is 9.26. The zero-order valence-electron chi connectivity index (χ0n) is 11.8. The SMILES string of the molecule is CCCCC(C(=O)O)N(CC)CCCN(C)C. The van der Waals surface area contributed by atoms with Crippen molar-refractivity contribution in [3.05, 3.63) is 0 Å². The van der Waals surface area contributed by atoms with E-state index in [4.69, 9.17) is 0 Å². The lowest BCUT2D eigenvalue weighted by molar-refractivity contribution is -0.143. The van der Waals surface area contributed by atoms with Gasteiger partial charge in [0.1, 0.15) is 6.04 Å². The Balaban J connectivity index is 4.19. The largest absolute Gasteiger partial charge is 0.480 e. The van der Waals surface area contributed by atoms with Crippen LogP contribution in [0, 0.1) is 0 Å². The van der Waals surface area contributed by atoms with E-state index in [-0.39, 0.29) is 6.04 Å². The number of carboxylic acids is 1. The molecule has 0 rings (SSSR count). The molecule has 0 aliphatic heterocycles. The van der Waals surface area contributed by atoms with Crippen LogP contribution < -0.4 is 0 Å². The quantitative estimate of drug-likeness (QED) is 0.637. The highest BCUT2D eigenvalue weighted by atomic mass is 16.4. The van der Waals surface area contributed by atoms with Gasteiger partial charge in [-0.05, 0) is 40.0 Å². The van der Waals surface area contributed by atoms with Crippen LogP contribution in [0.4, 0.5) is 0 Å². The molecule has 0 aromatic rings. The average Bonchev–Trinajstić information content (AvgIpc) is 2.26. The van der Waals surface area contributed by atoms with E-state index in [1.54, 1.807) is 0 Å². The number of aliphatic carboxylic acids is 1. The first kappa shape index (κ1) is 16.4. The van der Waals surface area contributed by atoms with Gasteiger partial charge in [-0.2, -0.15) is 0 Å². The topological polar surface area (TPSA) is 43.8 Å². The highest BCUT2D eigenvalue weighted by molar-refractivity contribution is 5.73. The zero-order valence-corrected chi connectivity index (χ0v) is 11.8. The maximum atomic E-state index is 11.3. The van der Waals surface area contributed by atoms with Gasteiger partial charge in [-0.3, -0.25) is 9.69 Å². The van der Waals surface area contributed by atoms with Crippen molar-refractivity contribution >= 4 is 5.97 Å². The molecule has 0 aromatic heterocycles. The number of rotatable bonds is 10. The molecule has 0 aliphatic rings. The Labute approximate surface area is 106 Å². The second-order valence-corrected chi connectivity index (χ2v) is 4.78. The van der Waals surface area contributed by atoms with E-state index in [1.807, 2.05) is 21.0 Å². The molecule has 1 unspecified atom stereocenters. The van der Waals surface area contributed by atoms with Crippen LogP contribution >= 0.6 is 0 Å². The molecule has 1 atom stereocenters. The Hall–Kier alpha value is -0.610. The molecular formula is C13H28N2O2. The fourth-order valence-corrected chi connectivity index (χ4v) is 1.98. The van der Waals surface area contributed by atoms with E-state index in [0.29, 0.717) is 0 Å². The Morgan fingerprint density at radius 1 is 1.18 bits per heavy atom. The summed E-state index contributed by atoms with van der Waals surface area (Å²) >= 11 is 0.